The van der Waals surface area contributed by atoms with E-state index in [0.717, 1.165) is 6.42 Å². The maximum atomic E-state index is 12.4. The number of fused-ring (bicyclic) bond motifs is 1. The third kappa shape index (κ3) is 2.31. The minimum absolute atomic E-state index is 0.198. The van der Waals surface area contributed by atoms with Crippen LogP contribution in [0.2, 0.25) is 0 Å². The largest absolute Gasteiger partial charge is 0.497 e. The molecular weight excluding hydrogens is 244 g/mol. The lowest BCUT2D eigenvalue weighted by Crippen LogP contribution is -2.29. The Labute approximate surface area is 110 Å². The molecule has 0 saturated heterocycles. The van der Waals surface area contributed by atoms with Gasteiger partial charge in [-0.3, -0.25) is 9.59 Å². The monoisotopic (exact) mass is 260 g/mol. The summed E-state index contributed by atoms with van der Waals surface area (Å²) in [5.74, 6) is 0.0332. The minimum Gasteiger partial charge on any atom is -0.497 e. The summed E-state index contributed by atoms with van der Waals surface area (Å²) >= 11 is 0. The summed E-state index contributed by atoms with van der Waals surface area (Å²) in [6.45, 7) is 2.41. The van der Waals surface area contributed by atoms with E-state index in [1.807, 2.05) is 6.92 Å². The fraction of sp³-hybridized carbons (Fsp3) is 0.286. The average Bonchev–Trinajstić information content (AvgIpc) is 2.41. The molecule has 0 saturated carbocycles. The summed E-state index contributed by atoms with van der Waals surface area (Å²) in [5, 5.41) is 1.21. The van der Waals surface area contributed by atoms with Gasteiger partial charge in [0.15, 0.2) is 0 Å². The van der Waals surface area contributed by atoms with Crippen molar-refractivity contribution in [3.8, 4) is 5.75 Å². The van der Waals surface area contributed by atoms with E-state index in [1.165, 1.54) is 4.57 Å². The van der Waals surface area contributed by atoms with Crippen LogP contribution < -0.4 is 16.0 Å². The van der Waals surface area contributed by atoms with Crippen LogP contribution in [0.3, 0.4) is 0 Å². The molecule has 19 heavy (non-hydrogen) atoms. The Morgan fingerprint density at radius 3 is 2.68 bits per heavy atom. The first-order valence-electron chi connectivity index (χ1n) is 6.10. The first-order valence-corrected chi connectivity index (χ1v) is 6.10. The van der Waals surface area contributed by atoms with Crippen LogP contribution in [0.5, 0.6) is 5.75 Å². The Balaban J connectivity index is 2.80. The van der Waals surface area contributed by atoms with Crippen molar-refractivity contribution in [2.45, 2.75) is 19.9 Å². The molecule has 0 aliphatic rings. The molecule has 1 aromatic heterocycles. The number of nitrogens with zero attached hydrogens (tertiary/aromatic N) is 1. The first-order chi connectivity index (χ1) is 9.08. The van der Waals surface area contributed by atoms with E-state index in [1.54, 1.807) is 31.4 Å². The van der Waals surface area contributed by atoms with Gasteiger partial charge in [0.1, 0.15) is 11.4 Å². The smallest absolute Gasteiger partial charge is 0.265 e. The normalized spacial score (nSPS) is 10.6. The molecule has 0 aliphatic heterocycles. The molecule has 0 radical (unpaired) electrons. The zero-order chi connectivity index (χ0) is 14.0. The molecule has 0 spiro atoms. The molecule has 5 nitrogen and oxygen atoms in total. The fourth-order valence-corrected chi connectivity index (χ4v) is 2.11. The molecule has 5 heteroatoms. The Hall–Kier alpha value is -2.30. The zero-order valence-corrected chi connectivity index (χ0v) is 11.0. The molecule has 1 aromatic carbocycles. The van der Waals surface area contributed by atoms with Crippen LogP contribution in [0.15, 0.2) is 29.1 Å². The van der Waals surface area contributed by atoms with E-state index in [9.17, 15) is 9.59 Å². The third-order valence-electron chi connectivity index (χ3n) is 3.02. The third-order valence-corrected chi connectivity index (χ3v) is 3.02. The molecule has 2 aromatic rings. The highest BCUT2D eigenvalue weighted by Gasteiger charge is 2.13. The predicted molar refractivity (Wildman–Crippen MR) is 73.6 cm³/mol. The number of amides is 1. The van der Waals surface area contributed by atoms with Crippen LogP contribution in [-0.2, 0) is 6.54 Å². The molecule has 0 fully saturated rings. The molecule has 100 valence electrons. The summed E-state index contributed by atoms with van der Waals surface area (Å²) in [4.78, 5) is 23.8. The van der Waals surface area contributed by atoms with Crippen LogP contribution in [0.25, 0.3) is 10.8 Å². The summed E-state index contributed by atoms with van der Waals surface area (Å²) < 4.78 is 6.54. The highest BCUT2D eigenvalue weighted by molar-refractivity contribution is 5.96. The van der Waals surface area contributed by atoms with Gasteiger partial charge >= 0.3 is 0 Å². The van der Waals surface area contributed by atoms with Crippen LogP contribution in [0.1, 0.15) is 23.8 Å². The van der Waals surface area contributed by atoms with Crippen molar-refractivity contribution in [1.29, 1.82) is 0 Å². The number of hydrogen-bond donors (Lipinski definition) is 1. The molecule has 1 amide bonds. The number of benzene rings is 1. The number of carbonyl (C=O) groups is 1. The number of hydrogen-bond acceptors (Lipinski definition) is 3. The number of nitrogens with two attached hydrogens (primary N) is 1. The van der Waals surface area contributed by atoms with Gasteiger partial charge in [-0.15, -0.1) is 0 Å². The average molecular weight is 260 g/mol. The Bertz CT molecular complexity index is 689. The fourth-order valence-electron chi connectivity index (χ4n) is 2.11. The Morgan fingerprint density at radius 2 is 2.11 bits per heavy atom. The molecule has 2 rings (SSSR count). The molecule has 0 unspecified atom stereocenters. The SMILES string of the molecule is CCCn1c(C(N)=O)cc2cc(OC)ccc2c1=O. The van der Waals surface area contributed by atoms with Crippen molar-refractivity contribution in [3.05, 3.63) is 40.3 Å². The lowest BCUT2D eigenvalue weighted by atomic mass is 10.1. The first kappa shape index (κ1) is 13.1. The van der Waals surface area contributed by atoms with Crippen molar-refractivity contribution in [3.63, 3.8) is 0 Å². The topological polar surface area (TPSA) is 74.3 Å². The predicted octanol–water partition coefficient (Wildman–Crippen LogP) is 1.52. The van der Waals surface area contributed by atoms with Gasteiger partial charge in [0.05, 0.1) is 7.11 Å². The number of primary amides is 1. The van der Waals surface area contributed by atoms with Gasteiger partial charge in [0, 0.05) is 11.9 Å². The number of rotatable bonds is 4. The Morgan fingerprint density at radius 1 is 1.37 bits per heavy atom. The molecule has 0 aliphatic carbocycles. The summed E-state index contributed by atoms with van der Waals surface area (Å²) in [7, 11) is 1.55. The van der Waals surface area contributed by atoms with Crippen molar-refractivity contribution in [2.75, 3.05) is 7.11 Å². The van der Waals surface area contributed by atoms with Crippen molar-refractivity contribution in [1.82, 2.24) is 4.57 Å². The zero-order valence-electron chi connectivity index (χ0n) is 11.0. The van der Waals surface area contributed by atoms with Gasteiger partial charge in [-0.1, -0.05) is 6.92 Å². The lowest BCUT2D eigenvalue weighted by molar-refractivity contribution is 0.0990. The number of aromatic nitrogens is 1. The molecule has 0 bridgehead atoms. The second kappa shape index (κ2) is 5.14. The quantitative estimate of drug-likeness (QED) is 0.905. The van der Waals surface area contributed by atoms with E-state index >= 15 is 0 Å². The van der Waals surface area contributed by atoms with Gasteiger partial charge < -0.3 is 15.0 Å². The molecule has 2 N–H and O–H groups in total. The van der Waals surface area contributed by atoms with E-state index < -0.39 is 5.91 Å². The molecular formula is C14H16N2O3. The summed E-state index contributed by atoms with van der Waals surface area (Å²) in [6, 6.07) is 6.79. The minimum atomic E-state index is -0.602. The highest BCUT2D eigenvalue weighted by atomic mass is 16.5. The summed E-state index contributed by atoms with van der Waals surface area (Å²) in [5.41, 5.74) is 5.38. The van der Waals surface area contributed by atoms with E-state index in [4.69, 9.17) is 10.5 Å². The van der Waals surface area contributed by atoms with E-state index in [-0.39, 0.29) is 11.3 Å². The van der Waals surface area contributed by atoms with E-state index in [2.05, 4.69) is 0 Å². The molecule has 0 atom stereocenters. The maximum Gasteiger partial charge on any atom is 0.265 e. The van der Waals surface area contributed by atoms with Crippen molar-refractivity contribution < 1.29 is 9.53 Å². The lowest BCUT2D eigenvalue weighted by Gasteiger charge is -2.11. The summed E-state index contributed by atoms with van der Waals surface area (Å²) in [6.07, 6.45) is 0.752. The maximum absolute atomic E-state index is 12.4. The Kier molecular flexibility index (Phi) is 3.55. The number of methoxy groups -OCH3 is 1. The van der Waals surface area contributed by atoms with Crippen molar-refractivity contribution >= 4 is 16.7 Å². The molecule has 1 heterocycles. The standard InChI is InChI=1S/C14H16N2O3/c1-3-6-16-12(13(15)17)8-9-7-10(19-2)4-5-11(9)14(16)18/h4-5,7-8H,3,6H2,1-2H3,(H2,15,17). The number of ether oxygens (including phenoxy) is 1. The van der Waals surface area contributed by atoms with Gasteiger partial charge in [-0.25, -0.2) is 0 Å². The second-order valence-electron chi connectivity index (χ2n) is 4.30. The van der Waals surface area contributed by atoms with E-state index in [0.29, 0.717) is 23.1 Å². The van der Waals surface area contributed by atoms with Crippen molar-refractivity contribution in [2.24, 2.45) is 5.73 Å². The van der Waals surface area contributed by atoms with Crippen LogP contribution in [0, 0.1) is 0 Å². The van der Waals surface area contributed by atoms with Gasteiger partial charge in [-0.05, 0) is 36.1 Å². The van der Waals surface area contributed by atoms with Gasteiger partial charge in [0.25, 0.3) is 11.5 Å². The van der Waals surface area contributed by atoms with Crippen LogP contribution in [0.4, 0.5) is 0 Å². The van der Waals surface area contributed by atoms with Gasteiger partial charge in [0.2, 0.25) is 0 Å². The van der Waals surface area contributed by atoms with Crippen LogP contribution >= 0.6 is 0 Å². The second-order valence-corrected chi connectivity index (χ2v) is 4.30. The van der Waals surface area contributed by atoms with Gasteiger partial charge in [-0.2, -0.15) is 0 Å². The highest BCUT2D eigenvalue weighted by Crippen LogP contribution is 2.19. The van der Waals surface area contributed by atoms with Crippen LogP contribution in [-0.4, -0.2) is 17.6 Å². The number of pyridine rings is 1. The number of carbonyl (C=O) groups excluding carboxylic acids is 1.